The number of alkyl carbamates (subject to hydrolysis) is 1. The van der Waals surface area contributed by atoms with Gasteiger partial charge in [0.15, 0.2) is 9.84 Å². The summed E-state index contributed by atoms with van der Waals surface area (Å²) < 4.78 is 55.9. The Morgan fingerprint density at radius 1 is 1.16 bits per heavy atom. The Hall–Kier alpha value is -1.65. The summed E-state index contributed by atoms with van der Waals surface area (Å²) >= 11 is 0. The quantitative estimate of drug-likeness (QED) is 0.727. The van der Waals surface area contributed by atoms with E-state index in [0.717, 1.165) is 12.0 Å². The number of carbonyl (C=O) groups is 1. The minimum Gasteiger partial charge on any atom is -0.450 e. The first-order valence-corrected chi connectivity index (χ1v) is 11.2. The van der Waals surface area contributed by atoms with E-state index in [1.54, 1.807) is 19.1 Å². The molecular weight excluding hydrogens is 368 g/mol. The lowest BCUT2D eigenvalue weighted by atomic mass is 10.2. The fourth-order valence-corrected chi connectivity index (χ4v) is 5.85. The maximum Gasteiger partial charge on any atom is 0.407 e. The predicted octanol–water partition coefficient (Wildman–Crippen LogP) is 0.439. The number of benzene rings is 1. The molecule has 1 saturated heterocycles. The number of rotatable bonds is 6. The first-order valence-electron chi connectivity index (χ1n) is 7.92. The summed E-state index contributed by atoms with van der Waals surface area (Å²) in [6, 6.07) is 4.51. The Bertz CT molecular complexity index is 818. The normalized spacial score (nSPS) is 22.5. The molecule has 1 aromatic rings. The van der Waals surface area contributed by atoms with Crippen LogP contribution in [-0.2, 0) is 31.0 Å². The number of aryl methyl sites for hydroxylation is 1. The van der Waals surface area contributed by atoms with E-state index < -0.39 is 38.0 Å². The van der Waals surface area contributed by atoms with Crippen molar-refractivity contribution in [3.05, 3.63) is 29.8 Å². The van der Waals surface area contributed by atoms with Gasteiger partial charge in [-0.1, -0.05) is 19.1 Å². The van der Waals surface area contributed by atoms with E-state index in [9.17, 15) is 21.6 Å². The van der Waals surface area contributed by atoms with Crippen LogP contribution in [0.3, 0.4) is 0 Å². The van der Waals surface area contributed by atoms with Crippen molar-refractivity contribution >= 4 is 26.0 Å². The summed E-state index contributed by atoms with van der Waals surface area (Å²) in [5, 5.41) is 2.41. The van der Waals surface area contributed by atoms with Gasteiger partial charge in [0.25, 0.3) is 0 Å². The zero-order valence-corrected chi connectivity index (χ0v) is 15.7. The second-order valence-corrected chi connectivity index (χ2v) is 9.64. The Balaban J connectivity index is 2.17. The average molecular weight is 390 g/mol. The standard InChI is InChI=1S/C15H22N2O6S2/c1-3-11-5-7-12(8-6-11)25(21,22)17-14-10-24(19,20)9-13(14)16-15(18)23-4-2/h5-8,13-14,17H,3-4,9-10H2,1-2H3,(H,16,18)/t13-,14+/m1/s1. The molecule has 0 aliphatic carbocycles. The Morgan fingerprint density at radius 2 is 1.76 bits per heavy atom. The summed E-state index contributed by atoms with van der Waals surface area (Å²) in [5.74, 6) is -0.718. The second kappa shape index (κ2) is 7.71. The second-order valence-electron chi connectivity index (χ2n) is 5.77. The van der Waals surface area contributed by atoms with Gasteiger partial charge >= 0.3 is 6.09 Å². The summed E-state index contributed by atoms with van der Waals surface area (Å²) in [5.41, 5.74) is 0.990. The zero-order chi connectivity index (χ0) is 18.7. The van der Waals surface area contributed by atoms with E-state index in [0.29, 0.717) is 0 Å². The molecule has 25 heavy (non-hydrogen) atoms. The maximum absolute atomic E-state index is 12.5. The molecule has 0 aromatic heterocycles. The molecule has 8 nitrogen and oxygen atoms in total. The molecule has 0 spiro atoms. The third kappa shape index (κ3) is 5.16. The summed E-state index contributed by atoms with van der Waals surface area (Å²) in [6.45, 7) is 3.70. The van der Waals surface area contributed by atoms with Gasteiger partial charge in [-0.2, -0.15) is 0 Å². The molecule has 0 unspecified atom stereocenters. The van der Waals surface area contributed by atoms with E-state index in [4.69, 9.17) is 4.74 Å². The number of hydrogen-bond acceptors (Lipinski definition) is 6. The van der Waals surface area contributed by atoms with Crippen molar-refractivity contribution in [2.45, 2.75) is 37.2 Å². The van der Waals surface area contributed by atoms with Crippen LogP contribution in [-0.4, -0.2) is 53.1 Å². The lowest BCUT2D eigenvalue weighted by Gasteiger charge is -2.20. The van der Waals surface area contributed by atoms with E-state index >= 15 is 0 Å². The van der Waals surface area contributed by atoms with Crippen molar-refractivity contribution in [3.8, 4) is 0 Å². The Labute approximate surface area is 147 Å². The van der Waals surface area contributed by atoms with Crippen LogP contribution in [0.15, 0.2) is 29.2 Å². The highest BCUT2D eigenvalue weighted by Crippen LogP contribution is 2.17. The van der Waals surface area contributed by atoms with Gasteiger partial charge in [-0.05, 0) is 31.0 Å². The van der Waals surface area contributed by atoms with E-state index in [-0.39, 0.29) is 23.0 Å². The summed E-state index contributed by atoms with van der Waals surface area (Å²) in [7, 11) is -7.37. The topological polar surface area (TPSA) is 119 Å². The van der Waals surface area contributed by atoms with Crippen molar-refractivity contribution in [2.24, 2.45) is 0 Å². The molecule has 1 heterocycles. The monoisotopic (exact) mass is 390 g/mol. The average Bonchev–Trinajstić information content (AvgIpc) is 2.80. The minimum absolute atomic E-state index is 0.0453. The summed E-state index contributed by atoms with van der Waals surface area (Å²) in [6.07, 6.45) is 0.00117. The third-order valence-electron chi connectivity index (χ3n) is 3.88. The van der Waals surface area contributed by atoms with Gasteiger partial charge in [0, 0.05) is 0 Å². The molecule has 0 bridgehead atoms. The zero-order valence-electron chi connectivity index (χ0n) is 14.1. The maximum atomic E-state index is 12.5. The van der Waals surface area contributed by atoms with Gasteiger partial charge in [0.1, 0.15) is 0 Å². The van der Waals surface area contributed by atoms with Crippen LogP contribution in [0.4, 0.5) is 4.79 Å². The van der Waals surface area contributed by atoms with E-state index in [1.165, 1.54) is 12.1 Å². The molecule has 1 fully saturated rings. The molecule has 1 amide bonds. The third-order valence-corrected chi connectivity index (χ3v) is 7.12. The number of ether oxygens (including phenoxy) is 1. The predicted molar refractivity (Wildman–Crippen MR) is 92.5 cm³/mol. The Morgan fingerprint density at radius 3 is 2.32 bits per heavy atom. The van der Waals surface area contributed by atoms with Crippen molar-refractivity contribution in [1.29, 1.82) is 0 Å². The Kier molecular flexibility index (Phi) is 6.07. The lowest BCUT2D eigenvalue weighted by Crippen LogP contribution is -2.50. The van der Waals surface area contributed by atoms with Gasteiger partial charge in [0.2, 0.25) is 10.0 Å². The minimum atomic E-state index is -3.91. The molecule has 140 valence electrons. The van der Waals surface area contributed by atoms with Crippen molar-refractivity contribution < 1.29 is 26.4 Å². The molecule has 1 aliphatic heterocycles. The van der Waals surface area contributed by atoms with Crippen LogP contribution in [0.2, 0.25) is 0 Å². The van der Waals surface area contributed by atoms with Gasteiger partial charge in [-0.3, -0.25) is 0 Å². The summed E-state index contributed by atoms with van der Waals surface area (Å²) in [4.78, 5) is 11.6. The van der Waals surface area contributed by atoms with E-state index in [2.05, 4.69) is 10.0 Å². The molecule has 2 N–H and O–H groups in total. The molecule has 0 radical (unpaired) electrons. The van der Waals surface area contributed by atoms with Gasteiger partial charge in [-0.25, -0.2) is 26.4 Å². The van der Waals surface area contributed by atoms with Crippen molar-refractivity contribution in [3.63, 3.8) is 0 Å². The van der Waals surface area contributed by atoms with Crippen LogP contribution in [0.5, 0.6) is 0 Å². The highest BCUT2D eigenvalue weighted by Gasteiger charge is 2.41. The molecule has 10 heteroatoms. The smallest absolute Gasteiger partial charge is 0.407 e. The van der Waals surface area contributed by atoms with Crippen molar-refractivity contribution in [1.82, 2.24) is 10.0 Å². The first-order chi connectivity index (χ1) is 11.7. The number of amides is 1. The fourth-order valence-electron chi connectivity index (χ4n) is 2.60. The molecule has 1 aromatic carbocycles. The van der Waals surface area contributed by atoms with Gasteiger partial charge in [0.05, 0.1) is 35.1 Å². The van der Waals surface area contributed by atoms with E-state index in [1.807, 2.05) is 6.92 Å². The van der Waals surface area contributed by atoms with Crippen LogP contribution in [0.1, 0.15) is 19.4 Å². The first kappa shape index (κ1) is 19.7. The van der Waals surface area contributed by atoms with Crippen LogP contribution in [0.25, 0.3) is 0 Å². The number of hydrogen-bond donors (Lipinski definition) is 2. The largest absolute Gasteiger partial charge is 0.450 e. The van der Waals surface area contributed by atoms with Crippen LogP contribution < -0.4 is 10.0 Å². The van der Waals surface area contributed by atoms with Crippen LogP contribution in [0, 0.1) is 0 Å². The number of carbonyl (C=O) groups excluding carboxylic acids is 1. The molecule has 2 rings (SSSR count). The molecule has 2 atom stereocenters. The van der Waals surface area contributed by atoms with Gasteiger partial charge in [-0.15, -0.1) is 0 Å². The molecule has 0 saturated carbocycles. The highest BCUT2D eigenvalue weighted by atomic mass is 32.2. The SMILES string of the molecule is CCOC(=O)N[C@@H]1CS(=O)(=O)C[C@@H]1NS(=O)(=O)c1ccc(CC)cc1. The number of sulfone groups is 1. The highest BCUT2D eigenvalue weighted by molar-refractivity contribution is 7.92. The van der Waals surface area contributed by atoms with Crippen molar-refractivity contribution in [2.75, 3.05) is 18.1 Å². The fraction of sp³-hybridized carbons (Fsp3) is 0.533. The van der Waals surface area contributed by atoms with Gasteiger partial charge < -0.3 is 10.1 Å². The lowest BCUT2D eigenvalue weighted by molar-refractivity contribution is 0.148. The number of nitrogens with one attached hydrogen (secondary N) is 2. The van der Waals surface area contributed by atoms with Crippen LogP contribution >= 0.6 is 0 Å². The molecule has 1 aliphatic rings. The number of sulfonamides is 1. The molecular formula is C15H22N2O6S2.